The lowest BCUT2D eigenvalue weighted by molar-refractivity contribution is -0.120. The molecule has 1 aliphatic rings. The average Bonchev–Trinajstić information content (AvgIpc) is 3.29. The zero-order chi connectivity index (χ0) is 18.8. The number of nitrogens with zero attached hydrogens (tertiary/aromatic N) is 3. The molecule has 1 atom stereocenters. The average molecular weight is 387 g/mol. The lowest BCUT2D eigenvalue weighted by Crippen LogP contribution is -2.30. The quantitative estimate of drug-likeness (QED) is 0.681. The Hall–Kier alpha value is -2.48. The van der Waals surface area contributed by atoms with Gasteiger partial charge in [0.05, 0.1) is 5.52 Å². The number of thiazole rings is 1. The molecule has 3 N–H and O–H groups in total. The molecule has 1 unspecified atom stereocenters. The second-order valence-electron chi connectivity index (χ2n) is 7.07. The normalized spacial score (nSPS) is 16.5. The summed E-state index contributed by atoms with van der Waals surface area (Å²) in [5.74, 6) is 0.217. The van der Waals surface area contributed by atoms with E-state index in [0.29, 0.717) is 34.2 Å². The van der Waals surface area contributed by atoms with Crippen LogP contribution in [0.25, 0.3) is 10.9 Å². The Labute approximate surface area is 160 Å². The van der Waals surface area contributed by atoms with Crippen LogP contribution in [0.2, 0.25) is 0 Å². The van der Waals surface area contributed by atoms with Crippen LogP contribution < -0.4 is 11.1 Å². The summed E-state index contributed by atoms with van der Waals surface area (Å²) in [5.41, 5.74) is 6.85. The minimum absolute atomic E-state index is 0.185. The summed E-state index contributed by atoms with van der Waals surface area (Å²) >= 11 is 1.37. The molecule has 0 saturated heterocycles. The van der Waals surface area contributed by atoms with Crippen LogP contribution in [0.1, 0.15) is 44.6 Å². The van der Waals surface area contributed by atoms with Gasteiger partial charge in [0.1, 0.15) is 17.7 Å². The van der Waals surface area contributed by atoms with Crippen LogP contribution in [0.15, 0.2) is 29.8 Å². The zero-order valence-electron chi connectivity index (χ0n) is 14.9. The molecule has 8 heteroatoms. The van der Waals surface area contributed by atoms with Gasteiger partial charge in [-0.15, -0.1) is 11.3 Å². The van der Waals surface area contributed by atoms with Crippen molar-refractivity contribution < 1.29 is 9.18 Å². The van der Waals surface area contributed by atoms with E-state index in [1.54, 1.807) is 16.9 Å². The van der Waals surface area contributed by atoms with Gasteiger partial charge in [0, 0.05) is 17.0 Å². The molecule has 27 heavy (non-hydrogen) atoms. The number of carbonyl (C=O) groups excluding carboxylic acids is 1. The fraction of sp³-hybridized carbons (Fsp3) is 0.421. The summed E-state index contributed by atoms with van der Waals surface area (Å²) in [6.45, 7) is 0. The van der Waals surface area contributed by atoms with Gasteiger partial charge in [-0.2, -0.15) is 5.10 Å². The van der Waals surface area contributed by atoms with E-state index in [-0.39, 0.29) is 11.7 Å². The van der Waals surface area contributed by atoms with E-state index in [2.05, 4.69) is 15.4 Å². The molecule has 3 aromatic rings. The van der Waals surface area contributed by atoms with Crippen molar-refractivity contribution in [2.24, 2.45) is 5.92 Å². The number of benzene rings is 1. The third-order valence-corrected chi connectivity index (χ3v) is 5.93. The molecule has 1 fully saturated rings. The number of nitrogens with one attached hydrogen (secondary N) is 1. The largest absolute Gasteiger partial charge is 0.383 e. The Kier molecular flexibility index (Phi) is 5.07. The molecule has 0 spiro atoms. The van der Waals surface area contributed by atoms with Gasteiger partial charge < -0.3 is 11.1 Å². The molecule has 142 valence electrons. The highest BCUT2D eigenvalue weighted by Crippen LogP contribution is 2.34. The third-order valence-electron chi connectivity index (χ3n) is 5.24. The third kappa shape index (κ3) is 3.80. The van der Waals surface area contributed by atoms with Crippen LogP contribution >= 0.6 is 11.3 Å². The highest BCUT2D eigenvalue weighted by atomic mass is 32.1. The Balaban J connectivity index is 1.68. The van der Waals surface area contributed by atoms with Gasteiger partial charge in [-0.1, -0.05) is 32.1 Å². The molecule has 4 rings (SSSR count). The number of hydrogen-bond donors (Lipinski definition) is 2. The Morgan fingerprint density at radius 1 is 1.37 bits per heavy atom. The van der Waals surface area contributed by atoms with E-state index in [4.69, 9.17) is 5.73 Å². The number of amides is 1. The van der Waals surface area contributed by atoms with Gasteiger partial charge in [0.2, 0.25) is 0 Å². The summed E-state index contributed by atoms with van der Waals surface area (Å²) < 4.78 is 15.2. The van der Waals surface area contributed by atoms with E-state index in [9.17, 15) is 9.18 Å². The topological polar surface area (TPSA) is 85.8 Å². The standard InChI is InChI=1S/C19H22FN5OS/c20-13-6-7-15-14(11-13)17(21)25(24-15)16(10-12-4-2-1-3-5-12)18(26)23-19-22-8-9-27-19/h6-9,11-12,16H,1-5,10,21H2,(H,22,23,26). The number of rotatable bonds is 5. The van der Waals surface area contributed by atoms with Gasteiger partial charge in [0.15, 0.2) is 5.13 Å². The first-order valence-corrected chi connectivity index (χ1v) is 10.1. The van der Waals surface area contributed by atoms with E-state index >= 15 is 0 Å². The molecule has 1 amide bonds. The molecule has 1 saturated carbocycles. The summed E-state index contributed by atoms with van der Waals surface area (Å²) in [5, 5.41) is 10.3. The van der Waals surface area contributed by atoms with E-state index in [1.165, 1.54) is 42.7 Å². The second-order valence-corrected chi connectivity index (χ2v) is 7.97. The number of hydrogen-bond acceptors (Lipinski definition) is 5. The zero-order valence-corrected chi connectivity index (χ0v) is 15.7. The molecule has 6 nitrogen and oxygen atoms in total. The van der Waals surface area contributed by atoms with Gasteiger partial charge in [0.25, 0.3) is 5.91 Å². The summed E-state index contributed by atoms with van der Waals surface area (Å²) in [4.78, 5) is 17.2. The molecule has 1 aromatic carbocycles. The van der Waals surface area contributed by atoms with E-state index in [0.717, 1.165) is 12.8 Å². The molecule has 1 aliphatic carbocycles. The van der Waals surface area contributed by atoms with Crippen molar-refractivity contribution in [1.29, 1.82) is 0 Å². The lowest BCUT2D eigenvalue weighted by Gasteiger charge is -2.26. The number of halogens is 1. The van der Waals surface area contributed by atoms with Crippen LogP contribution in [-0.2, 0) is 4.79 Å². The van der Waals surface area contributed by atoms with Gasteiger partial charge in [-0.25, -0.2) is 14.1 Å². The maximum absolute atomic E-state index is 13.6. The Bertz CT molecular complexity index is 933. The highest BCUT2D eigenvalue weighted by molar-refractivity contribution is 7.13. The predicted octanol–water partition coefficient (Wildman–Crippen LogP) is 4.36. The number of anilines is 2. The SMILES string of the molecule is Nc1c2cc(F)ccc2nn1C(CC1CCCCC1)C(=O)Nc1nccs1. The first kappa shape index (κ1) is 17.9. The molecule has 0 radical (unpaired) electrons. The molecule has 2 aromatic heterocycles. The van der Waals surface area contributed by atoms with Crippen molar-refractivity contribution in [2.45, 2.75) is 44.6 Å². The van der Waals surface area contributed by atoms with Gasteiger partial charge >= 0.3 is 0 Å². The summed E-state index contributed by atoms with van der Waals surface area (Å²) in [6, 6.07) is 3.76. The van der Waals surface area contributed by atoms with Crippen molar-refractivity contribution in [1.82, 2.24) is 14.8 Å². The van der Waals surface area contributed by atoms with Crippen LogP contribution in [-0.4, -0.2) is 20.7 Å². The molecular formula is C19H22FN5OS. The van der Waals surface area contributed by atoms with Crippen molar-refractivity contribution >= 4 is 39.1 Å². The minimum atomic E-state index is -0.549. The van der Waals surface area contributed by atoms with Gasteiger partial charge in [-0.3, -0.25) is 4.79 Å². The van der Waals surface area contributed by atoms with Crippen molar-refractivity contribution in [3.63, 3.8) is 0 Å². The van der Waals surface area contributed by atoms with Crippen LogP contribution in [0.4, 0.5) is 15.3 Å². The molecule has 0 bridgehead atoms. The van der Waals surface area contributed by atoms with E-state index in [1.807, 2.05) is 5.38 Å². The fourth-order valence-corrected chi connectivity index (χ4v) is 4.39. The molecule has 0 aliphatic heterocycles. The van der Waals surface area contributed by atoms with Crippen molar-refractivity contribution in [2.75, 3.05) is 11.1 Å². The number of nitrogen functional groups attached to an aromatic ring is 1. The van der Waals surface area contributed by atoms with Crippen LogP contribution in [0.5, 0.6) is 0 Å². The Morgan fingerprint density at radius 3 is 2.93 bits per heavy atom. The monoisotopic (exact) mass is 387 g/mol. The minimum Gasteiger partial charge on any atom is -0.383 e. The number of nitrogens with two attached hydrogens (primary N) is 1. The summed E-state index contributed by atoms with van der Waals surface area (Å²) in [7, 11) is 0. The van der Waals surface area contributed by atoms with Crippen molar-refractivity contribution in [3.8, 4) is 0 Å². The van der Waals surface area contributed by atoms with Gasteiger partial charge in [-0.05, 0) is 30.5 Å². The van der Waals surface area contributed by atoms with Crippen LogP contribution in [0.3, 0.4) is 0 Å². The number of fused-ring (bicyclic) bond motifs is 1. The Morgan fingerprint density at radius 2 is 2.19 bits per heavy atom. The first-order chi connectivity index (χ1) is 13.1. The first-order valence-electron chi connectivity index (χ1n) is 9.25. The summed E-state index contributed by atoms with van der Waals surface area (Å²) in [6.07, 6.45) is 8.15. The second kappa shape index (κ2) is 7.64. The fourth-order valence-electron chi connectivity index (χ4n) is 3.86. The highest BCUT2D eigenvalue weighted by Gasteiger charge is 2.29. The molecular weight excluding hydrogens is 365 g/mol. The maximum atomic E-state index is 13.6. The van der Waals surface area contributed by atoms with Crippen molar-refractivity contribution in [3.05, 3.63) is 35.6 Å². The maximum Gasteiger partial charge on any atom is 0.251 e. The van der Waals surface area contributed by atoms with E-state index < -0.39 is 6.04 Å². The smallest absolute Gasteiger partial charge is 0.251 e. The number of aromatic nitrogens is 3. The number of carbonyl (C=O) groups is 1. The molecule has 2 heterocycles. The lowest BCUT2D eigenvalue weighted by atomic mass is 9.84. The predicted molar refractivity (Wildman–Crippen MR) is 105 cm³/mol. The van der Waals surface area contributed by atoms with Crippen LogP contribution in [0, 0.1) is 11.7 Å².